The van der Waals surface area contributed by atoms with Gasteiger partial charge in [-0.05, 0) is 55.3 Å². The molecule has 0 fully saturated rings. The van der Waals surface area contributed by atoms with Crippen LogP contribution in [-0.4, -0.2) is 18.3 Å². The Kier molecular flexibility index (Phi) is 4.81. The summed E-state index contributed by atoms with van der Waals surface area (Å²) in [5, 5.41) is 10.3. The molecule has 0 aliphatic rings. The third-order valence-corrected chi connectivity index (χ3v) is 3.35. The van der Waals surface area contributed by atoms with Crippen molar-refractivity contribution in [2.45, 2.75) is 26.1 Å². The van der Waals surface area contributed by atoms with Gasteiger partial charge in [0, 0.05) is 0 Å². The van der Waals surface area contributed by atoms with Crippen molar-refractivity contribution in [3.05, 3.63) is 59.4 Å². The van der Waals surface area contributed by atoms with Crippen molar-refractivity contribution in [2.75, 3.05) is 7.11 Å². The zero-order valence-corrected chi connectivity index (χ0v) is 12.3. The number of benzene rings is 2. The summed E-state index contributed by atoms with van der Waals surface area (Å²) in [5.41, 5.74) is 1.44. The van der Waals surface area contributed by atoms with Gasteiger partial charge in [-0.25, -0.2) is 4.39 Å². The third kappa shape index (κ3) is 3.73. The Morgan fingerprint density at radius 1 is 1.10 bits per heavy atom. The molecular formula is C17H19FO3. The monoisotopic (exact) mass is 290 g/mol. The summed E-state index contributed by atoms with van der Waals surface area (Å²) < 4.78 is 23.9. The molecule has 0 aromatic heterocycles. The lowest BCUT2D eigenvalue weighted by atomic mass is 10.1. The van der Waals surface area contributed by atoms with Crippen molar-refractivity contribution in [2.24, 2.45) is 0 Å². The van der Waals surface area contributed by atoms with E-state index in [1.165, 1.54) is 12.1 Å². The fraction of sp³-hybridized carbons (Fsp3) is 0.294. The van der Waals surface area contributed by atoms with Crippen LogP contribution in [0.25, 0.3) is 0 Å². The quantitative estimate of drug-likeness (QED) is 0.913. The molecule has 2 unspecified atom stereocenters. The maximum atomic E-state index is 13.1. The van der Waals surface area contributed by atoms with Crippen LogP contribution in [0.2, 0.25) is 0 Å². The van der Waals surface area contributed by atoms with E-state index in [4.69, 9.17) is 9.47 Å². The van der Waals surface area contributed by atoms with Crippen molar-refractivity contribution >= 4 is 0 Å². The van der Waals surface area contributed by atoms with E-state index in [9.17, 15) is 9.50 Å². The molecule has 21 heavy (non-hydrogen) atoms. The summed E-state index contributed by atoms with van der Waals surface area (Å²) >= 11 is 0. The molecule has 4 heteroatoms. The molecule has 2 aromatic carbocycles. The Balaban J connectivity index is 2.09. The minimum atomic E-state index is -0.777. The lowest BCUT2D eigenvalue weighted by molar-refractivity contribution is 0.0463. The lowest BCUT2D eigenvalue weighted by Gasteiger charge is -2.22. The van der Waals surface area contributed by atoms with E-state index >= 15 is 0 Å². The number of aryl methyl sites for hydroxylation is 1. The molecule has 0 bridgehead atoms. The van der Waals surface area contributed by atoms with E-state index < -0.39 is 12.2 Å². The molecule has 2 aromatic rings. The topological polar surface area (TPSA) is 38.7 Å². The zero-order valence-electron chi connectivity index (χ0n) is 12.3. The molecule has 0 spiro atoms. The lowest BCUT2D eigenvalue weighted by Crippen LogP contribution is -2.22. The Morgan fingerprint density at radius 3 is 2.33 bits per heavy atom. The molecule has 112 valence electrons. The van der Waals surface area contributed by atoms with Gasteiger partial charge in [0.25, 0.3) is 0 Å². The van der Waals surface area contributed by atoms with Gasteiger partial charge in [-0.3, -0.25) is 0 Å². The predicted octanol–water partition coefficient (Wildman–Crippen LogP) is 3.64. The molecule has 0 saturated carbocycles. The highest BCUT2D eigenvalue weighted by Crippen LogP contribution is 2.26. The molecule has 3 nitrogen and oxygen atoms in total. The Bertz CT molecular complexity index is 595. The summed E-state index contributed by atoms with van der Waals surface area (Å²) in [4.78, 5) is 0. The zero-order chi connectivity index (χ0) is 15.4. The second-order valence-electron chi connectivity index (χ2n) is 4.95. The van der Waals surface area contributed by atoms with E-state index in [1.807, 2.05) is 0 Å². The summed E-state index contributed by atoms with van der Waals surface area (Å²) in [6.45, 7) is 3.54. The smallest absolute Gasteiger partial charge is 0.126 e. The molecule has 2 rings (SSSR count). The number of hydrogen-bond donors (Lipinski definition) is 1. The summed E-state index contributed by atoms with van der Waals surface area (Å²) in [6, 6.07) is 11.5. The van der Waals surface area contributed by atoms with Crippen LogP contribution in [0, 0.1) is 12.7 Å². The second kappa shape index (κ2) is 6.59. The highest BCUT2D eigenvalue weighted by molar-refractivity contribution is 5.33. The van der Waals surface area contributed by atoms with Crippen LogP contribution in [0.4, 0.5) is 4.39 Å². The molecule has 2 atom stereocenters. The predicted molar refractivity (Wildman–Crippen MR) is 79.2 cm³/mol. The maximum absolute atomic E-state index is 13.1. The van der Waals surface area contributed by atoms with Crippen LogP contribution in [0.1, 0.15) is 24.2 Å². The molecule has 1 N–H and O–H groups in total. The molecular weight excluding hydrogens is 271 g/mol. The summed E-state index contributed by atoms with van der Waals surface area (Å²) in [6.07, 6.45) is -1.23. The normalized spacial score (nSPS) is 13.6. The minimum absolute atomic E-state index is 0.303. The van der Waals surface area contributed by atoms with Gasteiger partial charge < -0.3 is 14.6 Å². The number of rotatable bonds is 5. The standard InChI is InChI=1S/C17H19FO3/c1-11-10-14(18)6-9-16(11)21-12(2)17(19)13-4-7-15(20-3)8-5-13/h4-10,12,17,19H,1-3H3. The van der Waals surface area contributed by atoms with E-state index in [1.54, 1.807) is 51.3 Å². The number of methoxy groups -OCH3 is 1. The number of aliphatic hydroxyl groups is 1. The van der Waals surface area contributed by atoms with E-state index in [0.29, 0.717) is 11.3 Å². The van der Waals surface area contributed by atoms with E-state index in [-0.39, 0.29) is 5.82 Å². The van der Waals surface area contributed by atoms with Crippen molar-refractivity contribution in [1.82, 2.24) is 0 Å². The Morgan fingerprint density at radius 2 is 1.76 bits per heavy atom. The van der Waals surface area contributed by atoms with Gasteiger partial charge in [0.1, 0.15) is 29.5 Å². The summed E-state index contributed by atoms with van der Waals surface area (Å²) in [5.74, 6) is 0.994. The number of halogens is 1. The fourth-order valence-electron chi connectivity index (χ4n) is 2.08. The van der Waals surface area contributed by atoms with E-state index in [0.717, 1.165) is 11.3 Å². The molecule has 0 saturated heterocycles. The minimum Gasteiger partial charge on any atom is -0.497 e. The highest BCUT2D eigenvalue weighted by atomic mass is 19.1. The van der Waals surface area contributed by atoms with Crippen LogP contribution in [0.5, 0.6) is 11.5 Å². The maximum Gasteiger partial charge on any atom is 0.126 e. The van der Waals surface area contributed by atoms with Gasteiger partial charge in [0.15, 0.2) is 0 Å². The van der Waals surface area contributed by atoms with Gasteiger partial charge >= 0.3 is 0 Å². The van der Waals surface area contributed by atoms with Gasteiger partial charge in [0.2, 0.25) is 0 Å². The fourth-order valence-corrected chi connectivity index (χ4v) is 2.08. The van der Waals surface area contributed by atoms with Crippen LogP contribution in [0.15, 0.2) is 42.5 Å². The highest BCUT2D eigenvalue weighted by Gasteiger charge is 2.19. The molecule has 0 aliphatic carbocycles. The van der Waals surface area contributed by atoms with Gasteiger partial charge in [0.05, 0.1) is 7.11 Å². The third-order valence-electron chi connectivity index (χ3n) is 3.35. The Labute approximate surface area is 124 Å². The summed E-state index contributed by atoms with van der Waals surface area (Å²) in [7, 11) is 1.59. The SMILES string of the molecule is COc1ccc(C(O)C(C)Oc2ccc(F)cc2C)cc1. The number of ether oxygens (including phenoxy) is 2. The first-order valence-corrected chi connectivity index (χ1v) is 6.76. The van der Waals surface area contributed by atoms with Crippen LogP contribution >= 0.6 is 0 Å². The van der Waals surface area contributed by atoms with Crippen molar-refractivity contribution < 1.29 is 19.0 Å². The first-order valence-electron chi connectivity index (χ1n) is 6.76. The largest absolute Gasteiger partial charge is 0.497 e. The average molecular weight is 290 g/mol. The van der Waals surface area contributed by atoms with Gasteiger partial charge in [-0.2, -0.15) is 0 Å². The van der Waals surface area contributed by atoms with Crippen LogP contribution < -0.4 is 9.47 Å². The van der Waals surface area contributed by atoms with Crippen molar-refractivity contribution in [3.8, 4) is 11.5 Å². The molecule has 0 aliphatic heterocycles. The number of hydrogen-bond acceptors (Lipinski definition) is 3. The van der Waals surface area contributed by atoms with Crippen molar-refractivity contribution in [3.63, 3.8) is 0 Å². The van der Waals surface area contributed by atoms with E-state index in [2.05, 4.69) is 0 Å². The average Bonchev–Trinajstić information content (AvgIpc) is 2.49. The van der Waals surface area contributed by atoms with Crippen LogP contribution in [0.3, 0.4) is 0 Å². The first-order chi connectivity index (χ1) is 10.0. The van der Waals surface area contributed by atoms with Crippen LogP contribution in [-0.2, 0) is 0 Å². The molecule has 0 heterocycles. The molecule has 0 radical (unpaired) electrons. The molecule has 0 amide bonds. The van der Waals surface area contributed by atoms with Gasteiger partial charge in [-0.15, -0.1) is 0 Å². The first kappa shape index (κ1) is 15.3. The van der Waals surface area contributed by atoms with Gasteiger partial charge in [-0.1, -0.05) is 12.1 Å². The number of aliphatic hydroxyl groups excluding tert-OH is 1. The van der Waals surface area contributed by atoms with Crippen molar-refractivity contribution in [1.29, 1.82) is 0 Å². The second-order valence-corrected chi connectivity index (χ2v) is 4.95. The Hall–Kier alpha value is -2.07.